The summed E-state index contributed by atoms with van der Waals surface area (Å²) in [5.74, 6) is -0.0209. The highest BCUT2D eigenvalue weighted by atomic mass is 35.5. The first-order valence-corrected chi connectivity index (χ1v) is 4.73. The van der Waals surface area contributed by atoms with E-state index in [0.29, 0.717) is 17.9 Å². The van der Waals surface area contributed by atoms with Gasteiger partial charge in [-0.25, -0.2) is 0 Å². The molecule has 0 aliphatic rings. The number of aryl methyl sites for hydroxylation is 1. The summed E-state index contributed by atoms with van der Waals surface area (Å²) in [5.41, 5.74) is 1.03. The van der Waals surface area contributed by atoms with Crippen LogP contribution >= 0.6 is 11.6 Å². The fourth-order valence-electron chi connectivity index (χ4n) is 1.15. The third kappa shape index (κ3) is 3.59. The Morgan fingerprint density at radius 3 is 2.93 bits per heavy atom. The van der Waals surface area contributed by atoms with Gasteiger partial charge in [-0.1, -0.05) is 23.7 Å². The van der Waals surface area contributed by atoms with Gasteiger partial charge in [0.25, 0.3) is 0 Å². The summed E-state index contributed by atoms with van der Waals surface area (Å²) < 4.78 is 0. The van der Waals surface area contributed by atoms with Gasteiger partial charge in [0.2, 0.25) is 0 Å². The van der Waals surface area contributed by atoms with Gasteiger partial charge in [0.1, 0.15) is 5.78 Å². The summed E-state index contributed by atoms with van der Waals surface area (Å²) in [4.78, 5) is 11.0. The maximum absolute atomic E-state index is 11.0. The van der Waals surface area contributed by atoms with Crippen molar-refractivity contribution in [3.63, 3.8) is 0 Å². The number of nitrogens with zero attached hydrogens (tertiary/aromatic N) is 1. The van der Waals surface area contributed by atoms with Crippen molar-refractivity contribution in [2.45, 2.75) is 19.3 Å². The number of ketones is 1. The molecule has 0 spiro atoms. The molecule has 3 heteroatoms. The SMILES string of the molecule is N#CCC(=O)CCc1cccc(Cl)c1. The molecule has 1 aromatic carbocycles. The summed E-state index contributed by atoms with van der Waals surface area (Å²) in [7, 11) is 0. The molecule has 1 aromatic rings. The number of Topliss-reactive ketones (excluding diaryl/α,β-unsaturated/α-hetero) is 1. The number of carbonyl (C=O) groups excluding carboxylic acids is 1. The van der Waals surface area contributed by atoms with Crippen LogP contribution in [0.15, 0.2) is 24.3 Å². The quantitative estimate of drug-likeness (QED) is 0.762. The molecule has 0 atom stereocenters. The lowest BCUT2D eigenvalue weighted by atomic mass is 10.1. The van der Waals surface area contributed by atoms with Crippen LogP contribution in [0.1, 0.15) is 18.4 Å². The number of benzene rings is 1. The van der Waals surface area contributed by atoms with Gasteiger partial charge >= 0.3 is 0 Å². The number of nitriles is 1. The van der Waals surface area contributed by atoms with E-state index in [4.69, 9.17) is 16.9 Å². The number of hydrogen-bond donors (Lipinski definition) is 0. The molecule has 0 aliphatic heterocycles. The summed E-state index contributed by atoms with van der Waals surface area (Å²) >= 11 is 5.78. The smallest absolute Gasteiger partial charge is 0.147 e. The molecule has 0 unspecified atom stereocenters. The van der Waals surface area contributed by atoms with Crippen LogP contribution in [0, 0.1) is 11.3 Å². The number of rotatable bonds is 4. The zero-order valence-electron chi connectivity index (χ0n) is 7.66. The maximum Gasteiger partial charge on any atom is 0.147 e. The zero-order chi connectivity index (χ0) is 10.4. The molecule has 14 heavy (non-hydrogen) atoms. The van der Waals surface area contributed by atoms with E-state index in [9.17, 15) is 4.79 Å². The van der Waals surface area contributed by atoms with Crippen LogP contribution in [-0.2, 0) is 11.2 Å². The van der Waals surface area contributed by atoms with E-state index in [-0.39, 0.29) is 12.2 Å². The molecule has 0 N–H and O–H groups in total. The highest BCUT2D eigenvalue weighted by Crippen LogP contribution is 2.12. The summed E-state index contributed by atoms with van der Waals surface area (Å²) in [6.45, 7) is 0. The van der Waals surface area contributed by atoms with Crippen molar-refractivity contribution in [3.8, 4) is 6.07 Å². The third-order valence-electron chi connectivity index (χ3n) is 1.86. The lowest BCUT2D eigenvalue weighted by Crippen LogP contribution is -1.98. The van der Waals surface area contributed by atoms with Crippen molar-refractivity contribution >= 4 is 17.4 Å². The third-order valence-corrected chi connectivity index (χ3v) is 2.09. The van der Waals surface area contributed by atoms with Crippen molar-refractivity contribution in [1.29, 1.82) is 5.26 Å². The van der Waals surface area contributed by atoms with Crippen molar-refractivity contribution in [2.75, 3.05) is 0 Å². The normalized spacial score (nSPS) is 9.43. The largest absolute Gasteiger partial charge is 0.299 e. The Bertz CT molecular complexity index is 368. The lowest BCUT2D eigenvalue weighted by Gasteiger charge is -1.99. The first kappa shape index (κ1) is 10.7. The van der Waals surface area contributed by atoms with Gasteiger partial charge in [-0.15, -0.1) is 0 Å². The first-order valence-electron chi connectivity index (χ1n) is 4.35. The van der Waals surface area contributed by atoms with E-state index < -0.39 is 0 Å². The molecule has 0 fully saturated rings. The van der Waals surface area contributed by atoms with E-state index >= 15 is 0 Å². The van der Waals surface area contributed by atoms with Gasteiger partial charge in [-0.3, -0.25) is 4.79 Å². The standard InChI is InChI=1S/C11H10ClNO/c12-10-3-1-2-9(8-10)4-5-11(14)6-7-13/h1-3,8H,4-6H2. The highest BCUT2D eigenvalue weighted by molar-refractivity contribution is 6.30. The van der Waals surface area contributed by atoms with E-state index in [0.717, 1.165) is 5.56 Å². The van der Waals surface area contributed by atoms with Gasteiger partial charge < -0.3 is 0 Å². The Balaban J connectivity index is 2.46. The van der Waals surface area contributed by atoms with Gasteiger partial charge in [-0.05, 0) is 24.1 Å². The Labute approximate surface area is 88.1 Å². The van der Waals surface area contributed by atoms with Gasteiger partial charge in [0.05, 0.1) is 12.5 Å². The first-order chi connectivity index (χ1) is 6.72. The summed E-state index contributed by atoms with van der Waals surface area (Å²) in [6, 6.07) is 9.24. The topological polar surface area (TPSA) is 40.9 Å². The number of hydrogen-bond acceptors (Lipinski definition) is 2. The van der Waals surface area contributed by atoms with Crippen LogP contribution in [0.4, 0.5) is 0 Å². The minimum absolute atomic E-state index is 0.000561. The maximum atomic E-state index is 11.0. The van der Waals surface area contributed by atoms with Crippen LogP contribution in [-0.4, -0.2) is 5.78 Å². The predicted molar refractivity (Wildman–Crippen MR) is 55.0 cm³/mol. The van der Waals surface area contributed by atoms with E-state index in [1.165, 1.54) is 0 Å². The Morgan fingerprint density at radius 1 is 1.50 bits per heavy atom. The Hall–Kier alpha value is -1.33. The zero-order valence-corrected chi connectivity index (χ0v) is 8.42. The van der Waals surface area contributed by atoms with Gasteiger partial charge in [0, 0.05) is 11.4 Å². The average molecular weight is 208 g/mol. The van der Waals surface area contributed by atoms with E-state index in [2.05, 4.69) is 0 Å². The second-order valence-electron chi connectivity index (χ2n) is 3.00. The summed E-state index contributed by atoms with van der Waals surface area (Å²) in [6.07, 6.45) is 1.07. The Morgan fingerprint density at radius 2 is 2.29 bits per heavy atom. The molecule has 0 saturated carbocycles. The van der Waals surface area contributed by atoms with Crippen LogP contribution in [0.5, 0.6) is 0 Å². The van der Waals surface area contributed by atoms with Crippen molar-refractivity contribution < 1.29 is 4.79 Å². The van der Waals surface area contributed by atoms with Gasteiger partial charge in [-0.2, -0.15) is 5.26 Å². The van der Waals surface area contributed by atoms with Crippen LogP contribution in [0.25, 0.3) is 0 Å². The van der Waals surface area contributed by atoms with Crippen molar-refractivity contribution in [2.24, 2.45) is 0 Å². The molecule has 1 rings (SSSR count). The molecule has 0 amide bonds. The van der Waals surface area contributed by atoms with Crippen LogP contribution < -0.4 is 0 Å². The minimum Gasteiger partial charge on any atom is -0.299 e. The monoisotopic (exact) mass is 207 g/mol. The average Bonchev–Trinajstić information content (AvgIpc) is 2.15. The summed E-state index contributed by atoms with van der Waals surface area (Å²) in [5, 5.41) is 8.96. The lowest BCUT2D eigenvalue weighted by molar-refractivity contribution is -0.118. The molecule has 72 valence electrons. The molecule has 0 aromatic heterocycles. The van der Waals surface area contributed by atoms with Gasteiger partial charge in [0.15, 0.2) is 0 Å². The highest BCUT2D eigenvalue weighted by Gasteiger charge is 2.01. The second-order valence-corrected chi connectivity index (χ2v) is 3.44. The van der Waals surface area contributed by atoms with E-state index in [1.807, 2.05) is 24.3 Å². The fraction of sp³-hybridized carbons (Fsp3) is 0.273. The fourth-order valence-corrected chi connectivity index (χ4v) is 1.37. The van der Waals surface area contributed by atoms with Crippen LogP contribution in [0.3, 0.4) is 0 Å². The predicted octanol–water partition coefficient (Wildman–Crippen LogP) is 2.76. The number of carbonyl (C=O) groups is 1. The molecule has 0 aliphatic carbocycles. The molecular formula is C11H10ClNO. The van der Waals surface area contributed by atoms with E-state index in [1.54, 1.807) is 6.07 Å². The van der Waals surface area contributed by atoms with Crippen molar-refractivity contribution in [3.05, 3.63) is 34.9 Å². The Kier molecular flexibility index (Phi) is 4.15. The van der Waals surface area contributed by atoms with Crippen molar-refractivity contribution in [1.82, 2.24) is 0 Å². The molecule has 0 radical (unpaired) electrons. The van der Waals surface area contributed by atoms with Crippen LogP contribution in [0.2, 0.25) is 5.02 Å². The second kappa shape index (κ2) is 5.41. The minimum atomic E-state index is -0.0209. The molecule has 0 heterocycles. The molecule has 0 saturated heterocycles. The molecule has 2 nitrogen and oxygen atoms in total. The number of halogens is 1. The molecule has 0 bridgehead atoms. The molecular weight excluding hydrogens is 198 g/mol.